The first-order valence-electron chi connectivity index (χ1n) is 19.4. The maximum atomic E-state index is 12.8. The van der Waals surface area contributed by atoms with Gasteiger partial charge in [0.1, 0.15) is 6.10 Å². The number of aliphatic hydroxyl groups is 1. The first kappa shape index (κ1) is 34.5. The topological polar surface area (TPSA) is 89.5 Å². The first-order valence-corrected chi connectivity index (χ1v) is 19.4. The van der Waals surface area contributed by atoms with E-state index in [0.29, 0.717) is 34.5 Å². The highest BCUT2D eigenvalue weighted by molar-refractivity contribution is 5.68. The van der Waals surface area contributed by atoms with Crippen LogP contribution in [0.5, 0.6) is 0 Å². The number of rotatable bonds is 9. The van der Waals surface area contributed by atoms with E-state index in [4.69, 9.17) is 18.9 Å². The Bertz CT molecular complexity index is 1170. The van der Waals surface area contributed by atoms with Crippen LogP contribution in [0.4, 0.5) is 4.79 Å². The largest absolute Gasteiger partial charge is 0.443 e. The SMILES string of the molecule is COC(C[C@@H](C)[C@H]1C[C@H](O)[C@@]2(C)C3CC[C@H]4C(C)(C)[C@@H](O[C@H]5CNCCO5)CC[C@@]45CC35CC[C@]12C)[C@H](OC(=O)N1CCC1)C(C)C. The van der Waals surface area contributed by atoms with Gasteiger partial charge in [-0.2, -0.15) is 0 Å². The fourth-order valence-corrected chi connectivity index (χ4v) is 13.5. The summed E-state index contributed by atoms with van der Waals surface area (Å²) in [6.45, 7) is 20.7. The number of morpholine rings is 1. The molecule has 13 atom stereocenters. The average molecular weight is 659 g/mol. The fraction of sp³-hybridized carbons (Fsp3) is 0.974. The van der Waals surface area contributed by atoms with E-state index in [1.165, 1.54) is 38.5 Å². The molecular formula is C39H66N2O6. The third-order valence-electron chi connectivity index (χ3n) is 16.4. The van der Waals surface area contributed by atoms with E-state index in [9.17, 15) is 9.90 Å². The van der Waals surface area contributed by atoms with Crippen molar-refractivity contribution in [3.05, 3.63) is 0 Å². The van der Waals surface area contributed by atoms with Crippen LogP contribution in [-0.4, -0.2) is 86.7 Å². The van der Waals surface area contributed by atoms with Crippen molar-refractivity contribution in [3.8, 4) is 0 Å². The molecule has 7 rings (SSSR count). The molecule has 5 aliphatic carbocycles. The minimum Gasteiger partial charge on any atom is -0.443 e. The van der Waals surface area contributed by atoms with E-state index in [1.807, 2.05) is 0 Å². The number of hydrogen-bond acceptors (Lipinski definition) is 7. The van der Waals surface area contributed by atoms with Crippen LogP contribution in [0.3, 0.4) is 0 Å². The highest BCUT2D eigenvalue weighted by Gasteiger charge is 2.83. The smallest absolute Gasteiger partial charge is 0.410 e. The Morgan fingerprint density at radius 3 is 2.38 bits per heavy atom. The number of nitrogens with zero attached hydrogens (tertiary/aromatic N) is 1. The zero-order valence-corrected chi connectivity index (χ0v) is 30.8. The van der Waals surface area contributed by atoms with Crippen LogP contribution in [0.1, 0.15) is 113 Å². The van der Waals surface area contributed by atoms with Gasteiger partial charge in [0, 0.05) is 38.7 Å². The van der Waals surface area contributed by atoms with Gasteiger partial charge >= 0.3 is 6.09 Å². The predicted molar refractivity (Wildman–Crippen MR) is 182 cm³/mol. The molecule has 0 aromatic rings. The summed E-state index contributed by atoms with van der Waals surface area (Å²) in [5.74, 6) is 2.16. The normalized spacial score (nSPS) is 47.1. The molecule has 7 fully saturated rings. The third-order valence-corrected chi connectivity index (χ3v) is 16.4. The Morgan fingerprint density at radius 1 is 1.02 bits per heavy atom. The highest BCUT2D eigenvalue weighted by atomic mass is 16.7. The molecule has 2 spiro atoms. The van der Waals surface area contributed by atoms with Gasteiger partial charge in [-0.15, -0.1) is 0 Å². The van der Waals surface area contributed by atoms with E-state index in [0.717, 1.165) is 58.5 Å². The van der Waals surface area contributed by atoms with Crippen molar-refractivity contribution in [1.29, 1.82) is 0 Å². The third kappa shape index (κ3) is 5.02. The van der Waals surface area contributed by atoms with Crippen molar-refractivity contribution in [2.75, 3.05) is 39.9 Å². The minimum atomic E-state index is -0.286. The molecule has 2 heterocycles. The zero-order valence-electron chi connectivity index (χ0n) is 30.8. The van der Waals surface area contributed by atoms with Gasteiger partial charge in [0.2, 0.25) is 0 Å². The van der Waals surface area contributed by atoms with Crippen molar-refractivity contribution in [2.45, 2.75) is 143 Å². The van der Waals surface area contributed by atoms with Gasteiger partial charge in [-0.1, -0.05) is 48.5 Å². The molecule has 268 valence electrons. The maximum absolute atomic E-state index is 12.8. The van der Waals surface area contributed by atoms with Gasteiger partial charge < -0.3 is 34.3 Å². The highest BCUT2D eigenvalue weighted by Crippen LogP contribution is 2.89. The second-order valence-electron chi connectivity index (χ2n) is 18.6. The molecule has 2 saturated heterocycles. The van der Waals surface area contributed by atoms with E-state index in [1.54, 1.807) is 12.0 Å². The van der Waals surface area contributed by atoms with Crippen molar-refractivity contribution in [2.24, 2.45) is 56.7 Å². The monoisotopic (exact) mass is 658 g/mol. The molecule has 8 heteroatoms. The van der Waals surface area contributed by atoms with Gasteiger partial charge in [0.25, 0.3) is 0 Å². The summed E-state index contributed by atoms with van der Waals surface area (Å²) in [5, 5.41) is 15.7. The molecule has 2 aliphatic heterocycles. The Kier molecular flexibility index (Phi) is 8.88. The standard InChI is InChI=1S/C39H66N2O6/c1-24(2)33(47-34(43)41-17-9-18-41)27(44-8)20-25(3)26-21-30(42)37(7)29-11-10-28-35(4,5)31(46-32-22-40-16-19-45-32)12-13-38(28)23-39(29,38)15-14-36(26,37)6/h24-33,40,42H,9-23H2,1-8H3/t25-,26-,27?,28+,29?,30+,31+,32+,33-,36-,37-,38-,39?/m1/s1. The molecule has 8 nitrogen and oxygen atoms in total. The number of methoxy groups -OCH3 is 1. The Morgan fingerprint density at radius 2 is 1.74 bits per heavy atom. The lowest BCUT2D eigenvalue weighted by atomic mass is 9.41. The van der Waals surface area contributed by atoms with Crippen LogP contribution < -0.4 is 5.32 Å². The summed E-state index contributed by atoms with van der Waals surface area (Å²) in [4.78, 5) is 14.6. The molecular weight excluding hydrogens is 592 g/mol. The number of ether oxygens (including phenoxy) is 4. The van der Waals surface area contributed by atoms with Crippen LogP contribution in [0.25, 0.3) is 0 Å². The second-order valence-corrected chi connectivity index (χ2v) is 18.6. The molecule has 0 radical (unpaired) electrons. The molecule has 7 aliphatic rings. The Hall–Kier alpha value is -0.930. The van der Waals surface area contributed by atoms with E-state index < -0.39 is 0 Å². The summed E-state index contributed by atoms with van der Waals surface area (Å²) in [6.07, 6.45) is 10.6. The Balaban J connectivity index is 1.08. The average Bonchev–Trinajstić information content (AvgIpc) is 3.62. The lowest BCUT2D eigenvalue weighted by Crippen LogP contribution is -2.60. The Labute approximate surface area is 284 Å². The van der Waals surface area contributed by atoms with E-state index >= 15 is 0 Å². The number of hydrogen-bond donors (Lipinski definition) is 2. The molecule has 2 N–H and O–H groups in total. The minimum absolute atomic E-state index is 0.0689. The number of amides is 1. The van der Waals surface area contributed by atoms with Gasteiger partial charge in [-0.3, -0.25) is 0 Å². The molecule has 5 saturated carbocycles. The molecule has 0 aromatic heterocycles. The van der Waals surface area contributed by atoms with E-state index in [-0.39, 0.29) is 59.0 Å². The van der Waals surface area contributed by atoms with Crippen LogP contribution in [0.2, 0.25) is 0 Å². The van der Waals surface area contributed by atoms with Gasteiger partial charge in [-0.05, 0) is 115 Å². The fourth-order valence-electron chi connectivity index (χ4n) is 13.5. The summed E-state index contributed by atoms with van der Waals surface area (Å²) < 4.78 is 24.9. The lowest BCUT2D eigenvalue weighted by Gasteiger charge is -2.64. The summed E-state index contributed by atoms with van der Waals surface area (Å²) in [5.41, 5.74) is 0.838. The van der Waals surface area contributed by atoms with Crippen LogP contribution >= 0.6 is 0 Å². The van der Waals surface area contributed by atoms with Gasteiger partial charge in [0.15, 0.2) is 6.29 Å². The van der Waals surface area contributed by atoms with Crippen molar-refractivity contribution in [1.82, 2.24) is 10.2 Å². The van der Waals surface area contributed by atoms with E-state index in [2.05, 4.69) is 53.8 Å². The van der Waals surface area contributed by atoms with Crippen LogP contribution in [0.15, 0.2) is 0 Å². The molecule has 0 aromatic carbocycles. The zero-order chi connectivity index (χ0) is 33.6. The maximum Gasteiger partial charge on any atom is 0.410 e. The second kappa shape index (κ2) is 12.1. The van der Waals surface area contributed by atoms with Crippen molar-refractivity contribution >= 4 is 6.09 Å². The number of carbonyl (C=O) groups is 1. The van der Waals surface area contributed by atoms with Gasteiger partial charge in [0.05, 0.1) is 24.9 Å². The summed E-state index contributed by atoms with van der Waals surface area (Å²) >= 11 is 0. The van der Waals surface area contributed by atoms with Gasteiger partial charge in [-0.25, -0.2) is 4.79 Å². The van der Waals surface area contributed by atoms with Crippen molar-refractivity contribution < 1.29 is 28.8 Å². The molecule has 47 heavy (non-hydrogen) atoms. The number of likely N-dealkylation sites (tertiary alicyclic amines) is 1. The van der Waals surface area contributed by atoms with Crippen LogP contribution in [0, 0.1) is 56.7 Å². The summed E-state index contributed by atoms with van der Waals surface area (Å²) in [6, 6.07) is 0. The molecule has 0 bridgehead atoms. The quantitative estimate of drug-likeness (QED) is 0.287. The summed E-state index contributed by atoms with van der Waals surface area (Å²) in [7, 11) is 1.77. The number of aliphatic hydroxyl groups excluding tert-OH is 1. The molecule has 3 unspecified atom stereocenters. The lowest BCUT2D eigenvalue weighted by molar-refractivity contribution is -0.237. The number of carbonyl (C=O) groups excluding carboxylic acids is 1. The first-order chi connectivity index (χ1) is 22.2. The van der Waals surface area contributed by atoms with Crippen molar-refractivity contribution in [3.63, 3.8) is 0 Å². The molecule has 1 amide bonds. The predicted octanol–water partition coefficient (Wildman–Crippen LogP) is 6.64. The number of nitrogens with one attached hydrogen (secondary N) is 1. The van der Waals surface area contributed by atoms with Crippen LogP contribution in [-0.2, 0) is 18.9 Å². The number of fused-ring (bicyclic) bond motifs is 2.